The molecule has 1 atom stereocenters. The van der Waals surface area contributed by atoms with Gasteiger partial charge in [0.15, 0.2) is 0 Å². The summed E-state index contributed by atoms with van der Waals surface area (Å²) in [5, 5.41) is 2.95. The molecule has 0 aliphatic heterocycles. The second-order valence-electron chi connectivity index (χ2n) is 5.39. The van der Waals surface area contributed by atoms with Crippen molar-refractivity contribution in [3.63, 3.8) is 0 Å². The van der Waals surface area contributed by atoms with Gasteiger partial charge >= 0.3 is 0 Å². The number of ether oxygens (including phenoxy) is 1. The minimum absolute atomic E-state index is 0.155. The average molecular weight is 272 g/mol. The molecule has 0 aromatic heterocycles. The van der Waals surface area contributed by atoms with Crippen molar-refractivity contribution in [3.05, 3.63) is 0 Å². The quantitative estimate of drug-likeness (QED) is 0.536. The Kier molecular flexibility index (Phi) is 12.0. The van der Waals surface area contributed by atoms with Gasteiger partial charge in [0.1, 0.15) is 0 Å². The molecule has 0 aliphatic rings. The first kappa shape index (κ1) is 18.4. The van der Waals surface area contributed by atoms with E-state index in [0.717, 1.165) is 25.8 Å². The highest BCUT2D eigenvalue weighted by molar-refractivity contribution is 5.75. The largest absolute Gasteiger partial charge is 0.379 e. The van der Waals surface area contributed by atoms with E-state index in [2.05, 4.69) is 12.2 Å². The topological polar surface area (TPSA) is 64.4 Å². The molecule has 0 bridgehead atoms. The summed E-state index contributed by atoms with van der Waals surface area (Å²) in [6.07, 6.45) is 6.09. The van der Waals surface area contributed by atoms with E-state index in [-0.39, 0.29) is 12.0 Å². The van der Waals surface area contributed by atoms with Gasteiger partial charge in [-0.25, -0.2) is 0 Å². The second-order valence-corrected chi connectivity index (χ2v) is 5.39. The van der Waals surface area contributed by atoms with E-state index in [0.29, 0.717) is 25.5 Å². The summed E-state index contributed by atoms with van der Waals surface area (Å²) in [6, 6.07) is 0. The van der Waals surface area contributed by atoms with Crippen molar-refractivity contribution in [2.75, 3.05) is 19.7 Å². The molecular weight excluding hydrogens is 240 g/mol. The zero-order valence-electron chi connectivity index (χ0n) is 12.9. The standard InChI is InChI=1S/C15H32N2O2/c1-4-6-14(9-10-16)7-8-15(18)17-11-5-12-19-13(2)3/h13-14H,4-12,16H2,1-3H3,(H,17,18). The number of amides is 1. The lowest BCUT2D eigenvalue weighted by Gasteiger charge is -2.14. The van der Waals surface area contributed by atoms with Crippen molar-refractivity contribution in [3.8, 4) is 0 Å². The van der Waals surface area contributed by atoms with Gasteiger partial charge in [-0.2, -0.15) is 0 Å². The van der Waals surface area contributed by atoms with Crippen LogP contribution in [0.3, 0.4) is 0 Å². The smallest absolute Gasteiger partial charge is 0.220 e. The third-order valence-corrected chi connectivity index (χ3v) is 3.15. The number of carbonyl (C=O) groups excluding carboxylic acids is 1. The number of carbonyl (C=O) groups is 1. The molecule has 4 nitrogen and oxygen atoms in total. The van der Waals surface area contributed by atoms with E-state index < -0.39 is 0 Å². The number of hydrogen-bond donors (Lipinski definition) is 2. The first-order valence-corrected chi connectivity index (χ1v) is 7.68. The SMILES string of the molecule is CCCC(CCN)CCC(=O)NCCCOC(C)C. The molecule has 0 fully saturated rings. The predicted octanol–water partition coefficient (Wildman–Crippen LogP) is 2.46. The van der Waals surface area contributed by atoms with E-state index in [1.807, 2.05) is 13.8 Å². The van der Waals surface area contributed by atoms with Crippen LogP contribution in [0.2, 0.25) is 0 Å². The normalized spacial score (nSPS) is 12.7. The van der Waals surface area contributed by atoms with Gasteiger partial charge in [0, 0.05) is 19.6 Å². The fraction of sp³-hybridized carbons (Fsp3) is 0.933. The average Bonchev–Trinajstić information content (AvgIpc) is 2.35. The Hall–Kier alpha value is -0.610. The van der Waals surface area contributed by atoms with Gasteiger partial charge in [0.05, 0.1) is 6.10 Å². The monoisotopic (exact) mass is 272 g/mol. The minimum atomic E-state index is 0.155. The van der Waals surface area contributed by atoms with Crippen molar-refractivity contribution in [2.45, 2.75) is 65.4 Å². The summed E-state index contributed by atoms with van der Waals surface area (Å²) in [7, 11) is 0. The number of nitrogens with one attached hydrogen (secondary N) is 1. The van der Waals surface area contributed by atoms with Crippen molar-refractivity contribution in [1.29, 1.82) is 0 Å². The zero-order valence-corrected chi connectivity index (χ0v) is 12.9. The number of hydrogen-bond acceptors (Lipinski definition) is 3. The molecule has 1 amide bonds. The van der Waals surface area contributed by atoms with E-state index in [4.69, 9.17) is 10.5 Å². The molecule has 0 radical (unpaired) electrons. The maximum Gasteiger partial charge on any atom is 0.220 e. The molecule has 0 saturated heterocycles. The van der Waals surface area contributed by atoms with Crippen molar-refractivity contribution in [2.24, 2.45) is 11.7 Å². The van der Waals surface area contributed by atoms with Crippen LogP contribution in [0.4, 0.5) is 0 Å². The van der Waals surface area contributed by atoms with Gasteiger partial charge in [0.2, 0.25) is 5.91 Å². The van der Waals surface area contributed by atoms with Gasteiger partial charge in [-0.3, -0.25) is 4.79 Å². The van der Waals surface area contributed by atoms with E-state index in [1.54, 1.807) is 0 Å². The molecule has 3 N–H and O–H groups in total. The lowest BCUT2D eigenvalue weighted by atomic mass is 9.94. The number of rotatable bonds is 12. The number of nitrogens with two attached hydrogens (primary N) is 1. The summed E-state index contributed by atoms with van der Waals surface area (Å²) in [4.78, 5) is 11.7. The van der Waals surface area contributed by atoms with Crippen molar-refractivity contribution in [1.82, 2.24) is 5.32 Å². The van der Waals surface area contributed by atoms with Gasteiger partial charge in [-0.15, -0.1) is 0 Å². The minimum Gasteiger partial charge on any atom is -0.379 e. The van der Waals surface area contributed by atoms with Crippen molar-refractivity contribution < 1.29 is 9.53 Å². The predicted molar refractivity (Wildman–Crippen MR) is 80.0 cm³/mol. The van der Waals surface area contributed by atoms with Crippen LogP contribution in [0.1, 0.15) is 59.3 Å². The molecule has 0 aromatic rings. The second kappa shape index (κ2) is 12.4. The van der Waals surface area contributed by atoms with E-state index in [9.17, 15) is 4.79 Å². The summed E-state index contributed by atoms with van der Waals surface area (Å²) in [6.45, 7) is 8.36. The first-order chi connectivity index (χ1) is 9.10. The van der Waals surface area contributed by atoms with Crippen LogP contribution >= 0.6 is 0 Å². The Bertz CT molecular complexity index is 214. The van der Waals surface area contributed by atoms with Crippen LogP contribution in [0, 0.1) is 5.92 Å². The van der Waals surface area contributed by atoms with Crippen LogP contribution in [-0.4, -0.2) is 31.7 Å². The molecule has 1 unspecified atom stereocenters. The van der Waals surface area contributed by atoms with Crippen molar-refractivity contribution >= 4 is 5.91 Å². The molecule has 0 aliphatic carbocycles. The molecule has 19 heavy (non-hydrogen) atoms. The maximum atomic E-state index is 11.7. The lowest BCUT2D eigenvalue weighted by molar-refractivity contribution is -0.121. The third-order valence-electron chi connectivity index (χ3n) is 3.15. The summed E-state index contributed by atoms with van der Waals surface area (Å²) in [5.74, 6) is 0.757. The van der Waals surface area contributed by atoms with Crippen LogP contribution in [0.5, 0.6) is 0 Å². The molecular formula is C15H32N2O2. The van der Waals surface area contributed by atoms with Gasteiger partial charge in [-0.05, 0) is 45.6 Å². The Balaban J connectivity index is 3.56. The van der Waals surface area contributed by atoms with Crippen LogP contribution in [0.25, 0.3) is 0 Å². The van der Waals surface area contributed by atoms with E-state index >= 15 is 0 Å². The highest BCUT2D eigenvalue weighted by atomic mass is 16.5. The summed E-state index contributed by atoms with van der Waals surface area (Å²) < 4.78 is 5.42. The molecule has 114 valence electrons. The maximum absolute atomic E-state index is 11.7. The lowest BCUT2D eigenvalue weighted by Crippen LogP contribution is -2.26. The Labute approximate surface area is 118 Å². The fourth-order valence-corrected chi connectivity index (χ4v) is 2.12. The third kappa shape index (κ3) is 12.2. The van der Waals surface area contributed by atoms with Gasteiger partial charge in [-0.1, -0.05) is 19.8 Å². The Morgan fingerprint density at radius 2 is 2.00 bits per heavy atom. The molecule has 0 saturated carbocycles. The van der Waals surface area contributed by atoms with E-state index in [1.165, 1.54) is 12.8 Å². The molecule has 0 heterocycles. The van der Waals surface area contributed by atoms with Gasteiger partial charge in [0.25, 0.3) is 0 Å². The Morgan fingerprint density at radius 3 is 2.58 bits per heavy atom. The fourth-order valence-electron chi connectivity index (χ4n) is 2.12. The van der Waals surface area contributed by atoms with Gasteiger partial charge < -0.3 is 15.8 Å². The van der Waals surface area contributed by atoms with Crippen LogP contribution < -0.4 is 11.1 Å². The van der Waals surface area contributed by atoms with Crippen LogP contribution in [0.15, 0.2) is 0 Å². The summed E-state index contributed by atoms with van der Waals surface area (Å²) >= 11 is 0. The van der Waals surface area contributed by atoms with Crippen LogP contribution in [-0.2, 0) is 9.53 Å². The molecule has 0 rings (SSSR count). The highest BCUT2D eigenvalue weighted by Gasteiger charge is 2.09. The highest BCUT2D eigenvalue weighted by Crippen LogP contribution is 2.16. The molecule has 0 aromatic carbocycles. The first-order valence-electron chi connectivity index (χ1n) is 7.68. The molecule has 0 spiro atoms. The molecule has 4 heteroatoms. The zero-order chi connectivity index (χ0) is 14.5. The Morgan fingerprint density at radius 1 is 1.26 bits per heavy atom. The summed E-state index contributed by atoms with van der Waals surface area (Å²) in [5.41, 5.74) is 5.59.